The van der Waals surface area contributed by atoms with Crippen molar-refractivity contribution >= 4 is 39.3 Å². The minimum absolute atomic E-state index is 0.194. The molecule has 1 N–H and O–H groups in total. The number of amides is 2. The Balaban J connectivity index is 2.16. The molecule has 0 aromatic heterocycles. The first kappa shape index (κ1) is 23.2. The smallest absolute Gasteiger partial charge is 0.261 e. The predicted molar refractivity (Wildman–Crippen MR) is 119 cm³/mol. The Morgan fingerprint density at radius 2 is 1.83 bits per heavy atom. The lowest BCUT2D eigenvalue weighted by Gasteiger charge is -2.31. The molecule has 0 unspecified atom stereocenters. The predicted octanol–water partition coefficient (Wildman–Crippen LogP) is 4.81. The largest absolute Gasteiger partial charge is 0.483 e. The quantitative estimate of drug-likeness (QED) is 0.617. The lowest BCUT2D eigenvalue weighted by molar-refractivity contribution is -0.142. The molecule has 0 fully saturated rings. The second-order valence-electron chi connectivity index (χ2n) is 7.79. The molecule has 2 aromatic carbocycles. The molecule has 1 atom stereocenters. The molecule has 156 valence electrons. The maximum absolute atomic E-state index is 13.0. The molecule has 0 saturated carbocycles. The van der Waals surface area contributed by atoms with E-state index in [0.29, 0.717) is 21.8 Å². The Hall–Kier alpha value is -2.05. The summed E-state index contributed by atoms with van der Waals surface area (Å²) in [5, 5.41) is 3.50. The van der Waals surface area contributed by atoms with E-state index >= 15 is 0 Å². The molecule has 2 amide bonds. The third kappa shape index (κ3) is 7.37. The minimum atomic E-state index is -0.654. The summed E-state index contributed by atoms with van der Waals surface area (Å²) in [4.78, 5) is 27.2. The molecule has 0 radical (unpaired) electrons. The van der Waals surface area contributed by atoms with Crippen molar-refractivity contribution in [3.05, 3.63) is 63.6 Å². The van der Waals surface area contributed by atoms with E-state index in [0.717, 1.165) is 5.56 Å². The second kappa shape index (κ2) is 10.1. The van der Waals surface area contributed by atoms with Gasteiger partial charge in [0.2, 0.25) is 5.91 Å². The van der Waals surface area contributed by atoms with Crippen molar-refractivity contribution < 1.29 is 14.3 Å². The summed E-state index contributed by atoms with van der Waals surface area (Å²) in [6.45, 7) is 7.55. The van der Waals surface area contributed by atoms with E-state index in [-0.39, 0.29) is 18.4 Å². The van der Waals surface area contributed by atoms with Gasteiger partial charge in [0.05, 0.1) is 4.47 Å². The molecule has 0 aliphatic carbocycles. The molecule has 0 bridgehead atoms. The van der Waals surface area contributed by atoms with Crippen LogP contribution in [-0.2, 0) is 16.1 Å². The molecule has 29 heavy (non-hydrogen) atoms. The van der Waals surface area contributed by atoms with Crippen LogP contribution in [0.25, 0.3) is 0 Å². The van der Waals surface area contributed by atoms with Crippen LogP contribution in [0.2, 0.25) is 5.02 Å². The number of carbonyl (C=O) groups excluding carboxylic acids is 2. The van der Waals surface area contributed by atoms with Gasteiger partial charge in [0.15, 0.2) is 6.61 Å². The highest BCUT2D eigenvalue weighted by Crippen LogP contribution is 2.28. The molecule has 0 aliphatic heterocycles. The standard InChI is InChI=1S/C22H26BrClN2O3/c1-15(21(28)25-22(2,3)4)26(13-16-8-6-5-7-9-16)20(27)14-29-19-11-10-17(24)12-18(19)23/h5-12,15H,13-14H2,1-4H3,(H,25,28)/t15-/m0/s1. The number of hydrogen-bond donors (Lipinski definition) is 1. The molecular weight excluding hydrogens is 456 g/mol. The maximum Gasteiger partial charge on any atom is 0.261 e. The summed E-state index contributed by atoms with van der Waals surface area (Å²) >= 11 is 9.32. The van der Waals surface area contributed by atoms with Crippen LogP contribution in [0.5, 0.6) is 5.75 Å². The number of nitrogens with one attached hydrogen (secondary N) is 1. The molecule has 0 spiro atoms. The van der Waals surface area contributed by atoms with E-state index in [1.54, 1.807) is 25.1 Å². The van der Waals surface area contributed by atoms with Crippen LogP contribution in [0.4, 0.5) is 0 Å². The van der Waals surface area contributed by atoms with E-state index < -0.39 is 11.6 Å². The van der Waals surface area contributed by atoms with Crippen molar-refractivity contribution in [2.45, 2.75) is 45.8 Å². The number of halogens is 2. The second-order valence-corrected chi connectivity index (χ2v) is 9.08. The highest BCUT2D eigenvalue weighted by molar-refractivity contribution is 9.10. The van der Waals surface area contributed by atoms with E-state index in [2.05, 4.69) is 21.2 Å². The van der Waals surface area contributed by atoms with Crippen LogP contribution >= 0.6 is 27.5 Å². The van der Waals surface area contributed by atoms with Crippen molar-refractivity contribution in [2.75, 3.05) is 6.61 Å². The Kier molecular flexibility index (Phi) is 8.11. The summed E-state index contributed by atoms with van der Waals surface area (Å²) in [7, 11) is 0. The van der Waals surface area contributed by atoms with Gasteiger partial charge >= 0.3 is 0 Å². The maximum atomic E-state index is 13.0. The molecule has 7 heteroatoms. The minimum Gasteiger partial charge on any atom is -0.483 e. The SMILES string of the molecule is C[C@@H](C(=O)NC(C)(C)C)N(Cc1ccccc1)C(=O)COc1ccc(Cl)cc1Br. The van der Waals surface area contributed by atoms with Gasteiger partial charge in [0.25, 0.3) is 5.91 Å². The van der Waals surface area contributed by atoms with E-state index in [9.17, 15) is 9.59 Å². The molecule has 2 aromatic rings. The van der Waals surface area contributed by atoms with E-state index in [1.807, 2.05) is 51.1 Å². The number of carbonyl (C=O) groups is 2. The lowest BCUT2D eigenvalue weighted by Crippen LogP contribution is -2.53. The molecule has 2 rings (SSSR count). The van der Waals surface area contributed by atoms with Crippen LogP contribution in [-0.4, -0.2) is 34.9 Å². The van der Waals surface area contributed by atoms with Gasteiger partial charge in [-0.15, -0.1) is 0 Å². The summed E-state index contributed by atoms with van der Waals surface area (Å²) in [5.41, 5.74) is 0.543. The van der Waals surface area contributed by atoms with Crippen molar-refractivity contribution in [3.63, 3.8) is 0 Å². The molecule has 0 aliphatic rings. The first-order valence-electron chi connectivity index (χ1n) is 9.30. The topological polar surface area (TPSA) is 58.6 Å². The highest BCUT2D eigenvalue weighted by atomic mass is 79.9. The Bertz CT molecular complexity index is 853. The molecular formula is C22H26BrClN2O3. The van der Waals surface area contributed by atoms with Crippen molar-refractivity contribution in [2.24, 2.45) is 0 Å². The fraction of sp³-hybridized carbons (Fsp3) is 0.364. The zero-order valence-electron chi connectivity index (χ0n) is 17.0. The lowest BCUT2D eigenvalue weighted by atomic mass is 10.1. The van der Waals surface area contributed by atoms with Crippen LogP contribution in [0.15, 0.2) is 53.0 Å². The summed E-state index contributed by atoms with van der Waals surface area (Å²) in [6, 6.07) is 14.0. The van der Waals surface area contributed by atoms with Crippen LogP contribution in [0, 0.1) is 0 Å². The fourth-order valence-electron chi connectivity index (χ4n) is 2.65. The fourth-order valence-corrected chi connectivity index (χ4v) is 3.45. The first-order chi connectivity index (χ1) is 13.6. The number of rotatable bonds is 7. The van der Waals surface area contributed by atoms with Crippen LogP contribution in [0.3, 0.4) is 0 Å². The Labute approximate surface area is 185 Å². The van der Waals surface area contributed by atoms with Crippen molar-refractivity contribution in [3.8, 4) is 5.75 Å². The third-order valence-electron chi connectivity index (χ3n) is 4.11. The third-order valence-corrected chi connectivity index (χ3v) is 4.96. The van der Waals surface area contributed by atoms with Gasteiger partial charge in [0.1, 0.15) is 11.8 Å². The number of nitrogens with zero attached hydrogens (tertiary/aromatic N) is 1. The average Bonchev–Trinajstić information content (AvgIpc) is 2.64. The summed E-state index contributed by atoms with van der Waals surface area (Å²) in [5.74, 6) is 0.0101. The molecule has 0 saturated heterocycles. The van der Waals surface area contributed by atoms with Crippen molar-refractivity contribution in [1.82, 2.24) is 10.2 Å². The van der Waals surface area contributed by atoms with Gasteiger partial charge in [-0.25, -0.2) is 0 Å². The summed E-state index contributed by atoms with van der Waals surface area (Å²) < 4.78 is 6.33. The molecule has 5 nitrogen and oxygen atoms in total. The Morgan fingerprint density at radius 1 is 1.17 bits per heavy atom. The van der Waals surface area contributed by atoms with E-state index in [1.165, 1.54) is 4.90 Å². The Morgan fingerprint density at radius 3 is 2.41 bits per heavy atom. The molecule has 0 heterocycles. The van der Waals surface area contributed by atoms with Crippen LogP contribution < -0.4 is 10.1 Å². The zero-order chi connectivity index (χ0) is 21.6. The van der Waals surface area contributed by atoms with Gasteiger partial charge in [-0.1, -0.05) is 41.9 Å². The summed E-state index contributed by atoms with van der Waals surface area (Å²) in [6.07, 6.45) is 0. The van der Waals surface area contributed by atoms with Gasteiger partial charge in [-0.05, 0) is 67.4 Å². The van der Waals surface area contributed by atoms with Gasteiger partial charge in [0, 0.05) is 17.1 Å². The van der Waals surface area contributed by atoms with Gasteiger partial charge in [-0.2, -0.15) is 0 Å². The van der Waals surface area contributed by atoms with Gasteiger partial charge < -0.3 is 15.0 Å². The number of hydrogen-bond acceptors (Lipinski definition) is 3. The number of benzene rings is 2. The monoisotopic (exact) mass is 480 g/mol. The van der Waals surface area contributed by atoms with Gasteiger partial charge in [-0.3, -0.25) is 9.59 Å². The average molecular weight is 482 g/mol. The van der Waals surface area contributed by atoms with E-state index in [4.69, 9.17) is 16.3 Å². The zero-order valence-corrected chi connectivity index (χ0v) is 19.4. The highest BCUT2D eigenvalue weighted by Gasteiger charge is 2.28. The number of ether oxygens (including phenoxy) is 1. The van der Waals surface area contributed by atoms with Crippen LogP contribution in [0.1, 0.15) is 33.3 Å². The first-order valence-corrected chi connectivity index (χ1v) is 10.5. The normalized spacial score (nSPS) is 12.2. The van der Waals surface area contributed by atoms with Crippen molar-refractivity contribution in [1.29, 1.82) is 0 Å².